The fourth-order valence-corrected chi connectivity index (χ4v) is 2.55. The van der Waals surface area contributed by atoms with Crippen LogP contribution in [0.5, 0.6) is 11.5 Å². The van der Waals surface area contributed by atoms with Crippen LogP contribution in [0.3, 0.4) is 0 Å². The fraction of sp³-hybridized carbons (Fsp3) is 0.105. The Hall–Kier alpha value is -3.68. The number of nitrogens with zero attached hydrogens (tertiary/aromatic N) is 2. The van der Waals surface area contributed by atoms with Gasteiger partial charge in [0.2, 0.25) is 0 Å². The number of benzene rings is 2. The summed E-state index contributed by atoms with van der Waals surface area (Å²) in [4.78, 5) is 20.4. The van der Waals surface area contributed by atoms with Crippen LogP contribution < -0.4 is 20.1 Å². The van der Waals surface area contributed by atoms with E-state index in [0.29, 0.717) is 36.2 Å². The average molecular weight is 366 g/mol. The Morgan fingerprint density at radius 3 is 2.48 bits per heavy atom. The number of ether oxygens (including phenoxy) is 2. The van der Waals surface area contributed by atoms with Crippen LogP contribution in [0.2, 0.25) is 0 Å². The summed E-state index contributed by atoms with van der Waals surface area (Å²) in [6.07, 6.45) is 1.29. The standard InChI is InChI=1S/C19H15FN4O3/c20-12-1-3-13(4-2-12)24-19(25)15-10-18(22-11-21-15)23-14-5-6-16-17(9-14)27-8-7-26-16/h1-6,9-11H,7-8H2,(H,24,25)(H,21,22,23). The summed E-state index contributed by atoms with van der Waals surface area (Å²) in [7, 11) is 0. The molecule has 0 saturated carbocycles. The molecule has 2 heterocycles. The number of fused-ring (bicyclic) bond motifs is 1. The van der Waals surface area contributed by atoms with Crippen LogP contribution in [0.1, 0.15) is 10.5 Å². The van der Waals surface area contributed by atoms with Crippen molar-refractivity contribution in [3.63, 3.8) is 0 Å². The second kappa shape index (κ2) is 7.28. The highest BCUT2D eigenvalue weighted by Crippen LogP contribution is 2.33. The van der Waals surface area contributed by atoms with Crippen LogP contribution in [0.4, 0.5) is 21.6 Å². The van der Waals surface area contributed by atoms with E-state index in [9.17, 15) is 9.18 Å². The van der Waals surface area contributed by atoms with E-state index >= 15 is 0 Å². The van der Waals surface area contributed by atoms with E-state index in [-0.39, 0.29) is 11.5 Å². The van der Waals surface area contributed by atoms with Gasteiger partial charge in [0.1, 0.15) is 36.9 Å². The van der Waals surface area contributed by atoms with Crippen molar-refractivity contribution in [2.45, 2.75) is 0 Å². The zero-order chi connectivity index (χ0) is 18.6. The summed E-state index contributed by atoms with van der Waals surface area (Å²) in [5.74, 6) is 0.990. The molecule has 0 aliphatic carbocycles. The minimum Gasteiger partial charge on any atom is -0.486 e. The second-order valence-corrected chi connectivity index (χ2v) is 5.73. The van der Waals surface area contributed by atoms with Crippen LogP contribution in [0, 0.1) is 5.82 Å². The zero-order valence-electron chi connectivity index (χ0n) is 14.1. The molecular weight excluding hydrogens is 351 g/mol. The molecule has 0 bridgehead atoms. The van der Waals surface area contributed by atoms with Crippen molar-refractivity contribution in [3.05, 3.63) is 66.4 Å². The van der Waals surface area contributed by atoms with Gasteiger partial charge in [0, 0.05) is 23.5 Å². The Bertz CT molecular complexity index is 979. The highest BCUT2D eigenvalue weighted by molar-refractivity contribution is 6.03. The molecule has 8 heteroatoms. The van der Waals surface area contributed by atoms with Gasteiger partial charge in [0.15, 0.2) is 11.5 Å². The highest BCUT2D eigenvalue weighted by Gasteiger charge is 2.13. The van der Waals surface area contributed by atoms with E-state index < -0.39 is 5.91 Å². The topological polar surface area (TPSA) is 85.4 Å². The van der Waals surface area contributed by atoms with E-state index in [4.69, 9.17) is 9.47 Å². The van der Waals surface area contributed by atoms with Crippen LogP contribution in [-0.4, -0.2) is 29.1 Å². The first-order valence-electron chi connectivity index (χ1n) is 8.23. The van der Waals surface area contributed by atoms with E-state index in [1.54, 1.807) is 12.1 Å². The number of anilines is 3. The number of aromatic nitrogens is 2. The third-order valence-corrected chi connectivity index (χ3v) is 3.82. The number of hydrogen-bond acceptors (Lipinski definition) is 6. The lowest BCUT2D eigenvalue weighted by molar-refractivity contribution is 0.102. The van der Waals surface area contributed by atoms with Gasteiger partial charge in [-0.15, -0.1) is 0 Å². The third-order valence-electron chi connectivity index (χ3n) is 3.82. The number of amides is 1. The Kier molecular flexibility index (Phi) is 4.52. The number of carbonyl (C=O) groups excluding carboxylic acids is 1. The summed E-state index contributed by atoms with van der Waals surface area (Å²) in [5, 5.41) is 5.76. The molecule has 27 heavy (non-hydrogen) atoms. The molecule has 136 valence electrons. The predicted molar refractivity (Wildman–Crippen MR) is 97.1 cm³/mol. The van der Waals surface area contributed by atoms with Crippen LogP contribution >= 0.6 is 0 Å². The zero-order valence-corrected chi connectivity index (χ0v) is 14.1. The van der Waals surface area contributed by atoms with Gasteiger partial charge >= 0.3 is 0 Å². The van der Waals surface area contributed by atoms with Crippen molar-refractivity contribution in [1.82, 2.24) is 9.97 Å². The minimum atomic E-state index is -0.422. The highest BCUT2D eigenvalue weighted by atomic mass is 19.1. The van der Waals surface area contributed by atoms with E-state index in [0.717, 1.165) is 5.69 Å². The maximum Gasteiger partial charge on any atom is 0.274 e. The molecule has 1 aliphatic rings. The molecule has 7 nitrogen and oxygen atoms in total. The fourth-order valence-electron chi connectivity index (χ4n) is 2.55. The molecule has 0 fully saturated rings. The van der Waals surface area contributed by atoms with Crippen molar-refractivity contribution in [2.75, 3.05) is 23.8 Å². The molecule has 0 radical (unpaired) electrons. The summed E-state index contributed by atoms with van der Waals surface area (Å²) in [5.41, 5.74) is 1.39. The van der Waals surface area contributed by atoms with Gasteiger partial charge in [0.05, 0.1) is 0 Å². The predicted octanol–water partition coefficient (Wildman–Crippen LogP) is 3.38. The lowest BCUT2D eigenvalue weighted by Gasteiger charge is -2.19. The number of rotatable bonds is 4. The lowest BCUT2D eigenvalue weighted by atomic mass is 10.2. The third kappa shape index (κ3) is 3.95. The first-order valence-corrected chi connectivity index (χ1v) is 8.23. The first-order chi connectivity index (χ1) is 13.2. The van der Waals surface area contributed by atoms with E-state index in [2.05, 4.69) is 20.6 Å². The number of hydrogen-bond donors (Lipinski definition) is 2. The normalized spacial score (nSPS) is 12.3. The molecule has 0 saturated heterocycles. The summed E-state index contributed by atoms with van der Waals surface area (Å²) >= 11 is 0. The number of carbonyl (C=O) groups is 1. The molecule has 4 rings (SSSR count). The van der Waals surface area contributed by atoms with Gasteiger partial charge in [-0.2, -0.15) is 0 Å². The van der Waals surface area contributed by atoms with Crippen LogP contribution in [-0.2, 0) is 0 Å². The van der Waals surface area contributed by atoms with Gasteiger partial charge in [-0.3, -0.25) is 4.79 Å². The van der Waals surface area contributed by atoms with Gasteiger partial charge in [-0.25, -0.2) is 14.4 Å². The van der Waals surface area contributed by atoms with Gasteiger partial charge in [-0.1, -0.05) is 0 Å². The van der Waals surface area contributed by atoms with Gasteiger partial charge < -0.3 is 20.1 Å². The molecule has 3 aromatic rings. The van der Waals surface area contributed by atoms with Crippen molar-refractivity contribution in [2.24, 2.45) is 0 Å². The maximum atomic E-state index is 13.0. The van der Waals surface area contributed by atoms with E-state index in [1.807, 2.05) is 6.07 Å². The number of nitrogens with one attached hydrogen (secondary N) is 2. The van der Waals surface area contributed by atoms with E-state index in [1.165, 1.54) is 36.7 Å². The largest absolute Gasteiger partial charge is 0.486 e. The Balaban J connectivity index is 1.48. The van der Waals surface area contributed by atoms with Gasteiger partial charge in [-0.05, 0) is 36.4 Å². The summed E-state index contributed by atoms with van der Waals surface area (Å²) in [6.45, 7) is 1.02. The molecule has 1 aliphatic heterocycles. The quantitative estimate of drug-likeness (QED) is 0.736. The molecule has 2 aromatic carbocycles. The van der Waals surface area contributed by atoms with Crippen molar-refractivity contribution >= 4 is 23.1 Å². The Labute approximate surface area is 154 Å². The lowest BCUT2D eigenvalue weighted by Crippen LogP contribution is -2.15. The van der Waals surface area contributed by atoms with Crippen molar-refractivity contribution in [3.8, 4) is 11.5 Å². The SMILES string of the molecule is O=C(Nc1ccc(F)cc1)c1cc(Nc2ccc3c(c2)OCCO3)ncn1. The Morgan fingerprint density at radius 1 is 0.926 bits per heavy atom. The Morgan fingerprint density at radius 2 is 1.67 bits per heavy atom. The molecule has 2 N–H and O–H groups in total. The molecule has 1 aromatic heterocycles. The van der Waals surface area contributed by atoms with Crippen LogP contribution in [0.15, 0.2) is 54.9 Å². The maximum absolute atomic E-state index is 13.0. The van der Waals surface area contributed by atoms with Crippen molar-refractivity contribution in [1.29, 1.82) is 0 Å². The number of halogens is 1. The van der Waals surface area contributed by atoms with Crippen molar-refractivity contribution < 1.29 is 18.7 Å². The van der Waals surface area contributed by atoms with Crippen LogP contribution in [0.25, 0.3) is 0 Å². The second-order valence-electron chi connectivity index (χ2n) is 5.73. The smallest absolute Gasteiger partial charge is 0.274 e. The van der Waals surface area contributed by atoms with Gasteiger partial charge in [0.25, 0.3) is 5.91 Å². The first kappa shape index (κ1) is 16.8. The molecule has 0 spiro atoms. The molecular formula is C19H15FN4O3. The molecule has 0 unspecified atom stereocenters. The molecule has 1 amide bonds. The molecule has 0 atom stereocenters. The summed E-state index contributed by atoms with van der Waals surface area (Å²) in [6, 6.07) is 12.4. The minimum absolute atomic E-state index is 0.175. The average Bonchev–Trinajstić information content (AvgIpc) is 2.70. The monoisotopic (exact) mass is 366 g/mol. The summed E-state index contributed by atoms with van der Waals surface area (Å²) < 4.78 is 24.0.